The van der Waals surface area contributed by atoms with E-state index in [1.165, 1.54) is 12.0 Å². The summed E-state index contributed by atoms with van der Waals surface area (Å²) in [5, 5.41) is 0.902. The van der Waals surface area contributed by atoms with Crippen LogP contribution < -0.4 is 10.4 Å². The molecule has 1 fully saturated rings. The number of fused-ring (bicyclic) bond motifs is 2. The van der Waals surface area contributed by atoms with Gasteiger partial charge in [-0.2, -0.15) is 0 Å². The SMILES string of the molecule is CC1(C)[C@@H]2CC=C(COc3ccc4c(-c5ccc(Br)cc5)cc(=O)oc4c3)[C@H]1C2. The first-order chi connectivity index (χ1) is 13.9. The molecule has 3 aromatic rings. The second kappa shape index (κ2) is 6.88. The Labute approximate surface area is 178 Å². The van der Waals surface area contributed by atoms with Gasteiger partial charge in [0.15, 0.2) is 0 Å². The van der Waals surface area contributed by atoms with E-state index in [1.54, 1.807) is 6.07 Å². The third kappa shape index (κ3) is 3.24. The third-order valence-electron chi connectivity index (χ3n) is 6.86. The molecule has 1 heterocycles. The molecule has 0 aliphatic heterocycles. The maximum atomic E-state index is 12.2. The summed E-state index contributed by atoms with van der Waals surface area (Å²) < 4.78 is 12.6. The Kier molecular flexibility index (Phi) is 4.43. The van der Waals surface area contributed by atoms with Crippen LogP contribution in [0.2, 0.25) is 0 Å². The van der Waals surface area contributed by atoms with Gasteiger partial charge in [-0.15, -0.1) is 0 Å². The molecule has 0 radical (unpaired) electrons. The molecule has 0 N–H and O–H groups in total. The first kappa shape index (κ1) is 18.7. The van der Waals surface area contributed by atoms with Crippen molar-refractivity contribution in [3.63, 3.8) is 0 Å². The minimum Gasteiger partial charge on any atom is -0.489 e. The number of hydrogen-bond acceptors (Lipinski definition) is 3. The molecule has 0 amide bonds. The number of hydrogen-bond donors (Lipinski definition) is 0. The van der Waals surface area contributed by atoms with Crippen molar-refractivity contribution in [1.82, 2.24) is 0 Å². The summed E-state index contributed by atoms with van der Waals surface area (Å²) in [6.07, 6.45) is 4.80. The van der Waals surface area contributed by atoms with Gasteiger partial charge < -0.3 is 9.15 Å². The van der Waals surface area contributed by atoms with Crippen molar-refractivity contribution in [2.75, 3.05) is 6.61 Å². The number of benzene rings is 2. The molecular formula is C25H23BrO3. The molecule has 3 aliphatic rings. The van der Waals surface area contributed by atoms with Crippen molar-refractivity contribution in [1.29, 1.82) is 0 Å². The Bertz CT molecular complexity index is 1170. The normalized spacial score (nSPS) is 22.1. The van der Waals surface area contributed by atoms with E-state index in [4.69, 9.17) is 9.15 Å². The second-order valence-electron chi connectivity index (χ2n) is 8.75. The van der Waals surface area contributed by atoms with Crippen LogP contribution in [0.1, 0.15) is 26.7 Å². The van der Waals surface area contributed by atoms with Crippen molar-refractivity contribution < 1.29 is 9.15 Å². The Hall–Kier alpha value is -2.33. The molecule has 1 aromatic heterocycles. The van der Waals surface area contributed by atoms with Gasteiger partial charge in [-0.1, -0.05) is 48.0 Å². The van der Waals surface area contributed by atoms with Crippen LogP contribution in [-0.4, -0.2) is 6.61 Å². The summed E-state index contributed by atoms with van der Waals surface area (Å²) in [7, 11) is 0. The van der Waals surface area contributed by atoms with Crippen LogP contribution in [0.5, 0.6) is 5.75 Å². The minimum absolute atomic E-state index is 0.357. The van der Waals surface area contributed by atoms with Gasteiger partial charge in [-0.25, -0.2) is 4.79 Å². The highest BCUT2D eigenvalue weighted by atomic mass is 79.9. The average Bonchev–Trinajstić information content (AvgIpc) is 2.72. The summed E-state index contributed by atoms with van der Waals surface area (Å²) in [4.78, 5) is 12.2. The molecule has 0 spiro atoms. The summed E-state index contributed by atoms with van der Waals surface area (Å²) >= 11 is 3.45. The van der Waals surface area contributed by atoms with Crippen molar-refractivity contribution in [3.05, 3.63) is 75.1 Å². The van der Waals surface area contributed by atoms with Gasteiger partial charge in [0.05, 0.1) is 0 Å². The fourth-order valence-corrected chi connectivity index (χ4v) is 5.17. The summed E-state index contributed by atoms with van der Waals surface area (Å²) in [5.41, 5.74) is 3.84. The lowest BCUT2D eigenvalue weighted by atomic mass is 9.49. The monoisotopic (exact) mass is 450 g/mol. The molecule has 0 unspecified atom stereocenters. The molecule has 6 rings (SSSR count). The van der Waals surface area contributed by atoms with E-state index < -0.39 is 0 Å². The lowest BCUT2D eigenvalue weighted by molar-refractivity contribution is -0.0115. The van der Waals surface area contributed by atoms with Gasteiger partial charge in [-0.05, 0) is 71.1 Å². The molecule has 3 aliphatic carbocycles. The topological polar surface area (TPSA) is 39.4 Å². The van der Waals surface area contributed by atoms with E-state index in [0.29, 0.717) is 23.5 Å². The fraction of sp³-hybridized carbons (Fsp3) is 0.320. The van der Waals surface area contributed by atoms with Gasteiger partial charge in [-0.3, -0.25) is 0 Å². The number of ether oxygens (including phenoxy) is 1. The predicted molar refractivity (Wildman–Crippen MR) is 119 cm³/mol. The van der Waals surface area contributed by atoms with Crippen molar-refractivity contribution >= 4 is 26.9 Å². The fourth-order valence-electron chi connectivity index (χ4n) is 4.91. The molecule has 2 aromatic carbocycles. The van der Waals surface area contributed by atoms with Gasteiger partial charge in [0.2, 0.25) is 0 Å². The van der Waals surface area contributed by atoms with Gasteiger partial charge in [0.1, 0.15) is 17.9 Å². The minimum atomic E-state index is -0.357. The van der Waals surface area contributed by atoms with Crippen LogP contribution in [0.3, 0.4) is 0 Å². The molecule has 29 heavy (non-hydrogen) atoms. The Morgan fingerprint density at radius 1 is 1.14 bits per heavy atom. The van der Waals surface area contributed by atoms with Gasteiger partial charge in [0, 0.05) is 22.0 Å². The smallest absolute Gasteiger partial charge is 0.336 e. The molecule has 0 saturated heterocycles. The Morgan fingerprint density at radius 3 is 2.66 bits per heavy atom. The highest BCUT2D eigenvalue weighted by Gasteiger charge is 2.51. The van der Waals surface area contributed by atoms with Crippen molar-refractivity contribution in [3.8, 4) is 16.9 Å². The summed E-state index contributed by atoms with van der Waals surface area (Å²) in [6, 6.07) is 15.2. The van der Waals surface area contributed by atoms with Crippen LogP contribution >= 0.6 is 15.9 Å². The molecule has 2 bridgehead atoms. The van der Waals surface area contributed by atoms with Crippen molar-refractivity contribution in [2.45, 2.75) is 26.7 Å². The molecule has 3 nitrogen and oxygen atoms in total. The predicted octanol–water partition coefficient (Wildman–Crippen LogP) is 6.59. The summed E-state index contributed by atoms with van der Waals surface area (Å²) in [5.74, 6) is 2.18. The van der Waals surface area contributed by atoms with Crippen LogP contribution in [0, 0.1) is 17.3 Å². The first-order valence-corrected chi connectivity index (χ1v) is 10.9. The van der Waals surface area contributed by atoms with E-state index in [2.05, 4.69) is 35.9 Å². The lowest BCUT2D eigenvalue weighted by Crippen LogP contribution is -2.48. The van der Waals surface area contributed by atoms with E-state index >= 15 is 0 Å². The van der Waals surface area contributed by atoms with E-state index in [0.717, 1.165) is 39.1 Å². The molecule has 148 valence electrons. The van der Waals surface area contributed by atoms with Crippen LogP contribution in [0.15, 0.2) is 73.9 Å². The van der Waals surface area contributed by atoms with Crippen molar-refractivity contribution in [2.24, 2.45) is 17.3 Å². The highest BCUT2D eigenvalue weighted by molar-refractivity contribution is 9.10. The standard InChI is InChI=1S/C25H23BrO3/c1-25(2)17-6-3-16(22(25)11-17)14-28-19-9-10-20-21(13-24(27)29-23(20)12-19)15-4-7-18(26)8-5-15/h3-5,7-10,12-13,17,22H,6,11,14H2,1-2H3/t17-,22-/m1/s1. The molecular weight excluding hydrogens is 428 g/mol. The maximum Gasteiger partial charge on any atom is 0.336 e. The maximum absolute atomic E-state index is 12.2. The average molecular weight is 451 g/mol. The molecule has 4 heteroatoms. The van der Waals surface area contributed by atoms with E-state index in [9.17, 15) is 4.79 Å². The largest absolute Gasteiger partial charge is 0.489 e. The number of halogens is 1. The zero-order valence-electron chi connectivity index (χ0n) is 16.6. The number of allylic oxidation sites excluding steroid dienone is 1. The highest BCUT2D eigenvalue weighted by Crippen LogP contribution is 2.59. The van der Waals surface area contributed by atoms with Crippen LogP contribution in [-0.2, 0) is 0 Å². The number of rotatable bonds is 4. The summed E-state index contributed by atoms with van der Waals surface area (Å²) in [6.45, 7) is 5.34. The van der Waals surface area contributed by atoms with Crippen LogP contribution in [0.25, 0.3) is 22.1 Å². The second-order valence-corrected chi connectivity index (χ2v) is 9.67. The zero-order chi connectivity index (χ0) is 20.2. The Morgan fingerprint density at radius 2 is 1.93 bits per heavy atom. The van der Waals surface area contributed by atoms with Gasteiger partial charge in [0.25, 0.3) is 0 Å². The van der Waals surface area contributed by atoms with Gasteiger partial charge >= 0.3 is 5.63 Å². The van der Waals surface area contributed by atoms with E-state index in [-0.39, 0.29) is 5.63 Å². The Balaban J connectivity index is 1.43. The quantitative estimate of drug-likeness (QED) is 0.332. The van der Waals surface area contributed by atoms with E-state index in [1.807, 2.05) is 42.5 Å². The molecule has 2 atom stereocenters. The van der Waals surface area contributed by atoms with Crippen LogP contribution in [0.4, 0.5) is 0 Å². The third-order valence-corrected chi connectivity index (χ3v) is 7.39. The molecule has 1 saturated carbocycles. The zero-order valence-corrected chi connectivity index (χ0v) is 18.2. The lowest BCUT2D eigenvalue weighted by Gasteiger charge is -2.56. The first-order valence-electron chi connectivity index (χ1n) is 10.1.